The molecule has 5 heteroatoms. The molecule has 5 nitrogen and oxygen atoms in total. The Morgan fingerprint density at radius 1 is 0.757 bits per heavy atom. The Hall–Kier alpha value is -4.64. The van der Waals surface area contributed by atoms with Gasteiger partial charge in [0.25, 0.3) is 0 Å². The number of aliphatic carboxylic acids is 1. The second-order valence-electron chi connectivity index (χ2n) is 9.34. The summed E-state index contributed by atoms with van der Waals surface area (Å²) in [6.45, 7) is 0.108. The van der Waals surface area contributed by atoms with Crippen LogP contribution in [-0.4, -0.2) is 24.7 Å². The van der Waals surface area contributed by atoms with E-state index < -0.39 is 18.1 Å². The summed E-state index contributed by atoms with van der Waals surface area (Å²) in [6.07, 6.45) is -0.699. The molecular weight excluding hydrogens is 462 g/mol. The van der Waals surface area contributed by atoms with E-state index in [1.165, 1.54) is 0 Å². The largest absolute Gasteiger partial charge is 0.548 e. The highest BCUT2D eigenvalue weighted by molar-refractivity contribution is 6.02. The van der Waals surface area contributed by atoms with Crippen LogP contribution in [0.15, 0.2) is 103 Å². The van der Waals surface area contributed by atoms with E-state index in [4.69, 9.17) is 4.74 Å². The van der Waals surface area contributed by atoms with Crippen LogP contribution < -0.4 is 10.4 Å². The van der Waals surface area contributed by atoms with Gasteiger partial charge in [0.1, 0.15) is 6.61 Å². The number of amides is 1. The lowest BCUT2D eigenvalue weighted by molar-refractivity contribution is -0.308. The number of carbonyl (C=O) groups excluding carboxylic acids is 2. The number of benzene rings is 5. The van der Waals surface area contributed by atoms with Gasteiger partial charge >= 0.3 is 6.09 Å². The number of rotatable bonds is 6. The molecule has 0 spiro atoms. The predicted molar refractivity (Wildman–Crippen MR) is 142 cm³/mol. The number of hydrogen-bond donors (Lipinski definition) is 1. The van der Waals surface area contributed by atoms with Crippen molar-refractivity contribution in [3.63, 3.8) is 0 Å². The molecular formula is C32H24NO4-. The van der Waals surface area contributed by atoms with E-state index >= 15 is 0 Å². The molecule has 0 aromatic heterocycles. The van der Waals surface area contributed by atoms with Gasteiger partial charge in [-0.3, -0.25) is 0 Å². The van der Waals surface area contributed by atoms with E-state index in [9.17, 15) is 14.7 Å². The first-order chi connectivity index (χ1) is 18.1. The van der Waals surface area contributed by atoms with Crippen molar-refractivity contribution in [2.24, 2.45) is 0 Å². The maximum Gasteiger partial charge on any atom is 0.407 e. The van der Waals surface area contributed by atoms with E-state index in [0.29, 0.717) is 0 Å². The van der Waals surface area contributed by atoms with Crippen LogP contribution in [0.2, 0.25) is 0 Å². The molecule has 37 heavy (non-hydrogen) atoms. The number of nitrogens with one attached hydrogen (secondary N) is 1. The van der Waals surface area contributed by atoms with Crippen molar-refractivity contribution in [1.29, 1.82) is 0 Å². The molecule has 6 rings (SSSR count). The maximum absolute atomic E-state index is 12.8. The molecule has 5 aromatic rings. The molecule has 0 saturated heterocycles. The van der Waals surface area contributed by atoms with E-state index in [1.807, 2.05) is 84.9 Å². The van der Waals surface area contributed by atoms with Crippen molar-refractivity contribution in [2.75, 3.05) is 6.61 Å². The van der Waals surface area contributed by atoms with E-state index in [0.717, 1.165) is 49.4 Å². The van der Waals surface area contributed by atoms with E-state index in [1.54, 1.807) is 0 Å². The van der Waals surface area contributed by atoms with Gasteiger partial charge in [-0.1, -0.05) is 97.1 Å². The third kappa shape index (κ3) is 4.19. The van der Waals surface area contributed by atoms with Crippen molar-refractivity contribution in [3.05, 3.63) is 120 Å². The highest BCUT2D eigenvalue weighted by atomic mass is 16.5. The third-order valence-corrected chi connectivity index (χ3v) is 7.21. The maximum atomic E-state index is 12.8. The summed E-state index contributed by atoms with van der Waals surface area (Å²) < 4.78 is 5.59. The Morgan fingerprint density at radius 2 is 1.27 bits per heavy atom. The summed E-state index contributed by atoms with van der Waals surface area (Å²) in [4.78, 5) is 24.9. The van der Waals surface area contributed by atoms with Crippen molar-refractivity contribution < 1.29 is 19.4 Å². The fourth-order valence-electron chi connectivity index (χ4n) is 5.51. The molecule has 5 aromatic carbocycles. The smallest absolute Gasteiger partial charge is 0.407 e. The summed E-state index contributed by atoms with van der Waals surface area (Å²) in [5, 5.41) is 18.6. The average molecular weight is 487 g/mol. The van der Waals surface area contributed by atoms with Gasteiger partial charge in [0.05, 0.1) is 12.0 Å². The van der Waals surface area contributed by atoms with Crippen molar-refractivity contribution in [3.8, 4) is 11.1 Å². The fraction of sp³-hybridized carbons (Fsp3) is 0.125. The van der Waals surface area contributed by atoms with Crippen LogP contribution in [0.3, 0.4) is 0 Å². The normalized spacial score (nSPS) is 13.2. The zero-order chi connectivity index (χ0) is 25.4. The Morgan fingerprint density at radius 3 is 1.84 bits per heavy atom. The lowest BCUT2D eigenvalue weighted by Gasteiger charge is -2.22. The monoisotopic (exact) mass is 486 g/mol. The first-order valence-corrected chi connectivity index (χ1v) is 12.3. The Kier molecular flexibility index (Phi) is 5.81. The molecule has 182 valence electrons. The minimum atomic E-state index is -1.36. The fourth-order valence-corrected chi connectivity index (χ4v) is 5.51. The van der Waals surface area contributed by atoms with Crippen molar-refractivity contribution in [2.45, 2.75) is 18.4 Å². The Balaban J connectivity index is 1.23. The average Bonchev–Trinajstić information content (AvgIpc) is 3.25. The molecule has 0 radical (unpaired) electrons. The molecule has 1 amide bonds. The van der Waals surface area contributed by atoms with Gasteiger partial charge in [-0.05, 0) is 61.8 Å². The molecule has 0 saturated carbocycles. The standard InChI is InChI=1S/C32H25NO4/c34-31(35)30(18-28-22-11-3-1-9-20(22)17-21-10-2-4-12-23(21)28)33-32(36)37-19-29-26-15-7-5-13-24(26)25-14-6-8-16-27(25)29/h1-17,29-30H,18-19H2,(H,33,36)(H,34,35)/p-1/t30-/m0/s1. The third-order valence-electron chi connectivity index (χ3n) is 7.21. The zero-order valence-corrected chi connectivity index (χ0v) is 20.0. The lowest BCUT2D eigenvalue weighted by Crippen LogP contribution is -2.49. The minimum Gasteiger partial charge on any atom is -0.548 e. The van der Waals surface area contributed by atoms with Crippen LogP contribution in [0.4, 0.5) is 4.79 Å². The first kappa shape index (κ1) is 22.8. The van der Waals surface area contributed by atoms with Gasteiger partial charge in [0, 0.05) is 5.92 Å². The number of fused-ring (bicyclic) bond motifs is 5. The number of carbonyl (C=O) groups is 2. The Labute approximate surface area is 214 Å². The molecule has 0 unspecified atom stereocenters. The van der Waals surface area contributed by atoms with Crippen LogP contribution >= 0.6 is 0 Å². The summed E-state index contributed by atoms with van der Waals surface area (Å²) >= 11 is 0. The van der Waals surface area contributed by atoms with Crippen molar-refractivity contribution >= 4 is 33.6 Å². The summed E-state index contributed by atoms with van der Waals surface area (Å²) in [7, 11) is 0. The number of ether oxygens (including phenoxy) is 1. The Bertz CT molecular complexity index is 1560. The topological polar surface area (TPSA) is 78.5 Å². The van der Waals surface area contributed by atoms with Gasteiger partial charge in [0.15, 0.2) is 0 Å². The lowest BCUT2D eigenvalue weighted by atomic mass is 9.92. The number of hydrogen-bond acceptors (Lipinski definition) is 4. The number of carboxylic acid groups (broad SMARTS) is 1. The molecule has 0 bridgehead atoms. The summed E-state index contributed by atoms with van der Waals surface area (Å²) in [5.41, 5.74) is 5.29. The van der Waals surface area contributed by atoms with E-state index in [2.05, 4.69) is 23.5 Å². The molecule has 1 atom stereocenters. The second-order valence-corrected chi connectivity index (χ2v) is 9.34. The van der Waals surface area contributed by atoms with Crippen LogP contribution in [0.5, 0.6) is 0 Å². The van der Waals surface area contributed by atoms with Crippen LogP contribution in [-0.2, 0) is 16.0 Å². The quantitative estimate of drug-likeness (QED) is 0.335. The van der Waals surface area contributed by atoms with Crippen molar-refractivity contribution in [1.82, 2.24) is 5.32 Å². The zero-order valence-electron chi connectivity index (χ0n) is 20.0. The number of alkyl carbamates (subject to hydrolysis) is 1. The molecule has 1 N–H and O–H groups in total. The van der Waals surface area contributed by atoms with Gasteiger partial charge in [-0.15, -0.1) is 0 Å². The predicted octanol–water partition coefficient (Wildman–Crippen LogP) is 5.19. The van der Waals surface area contributed by atoms with Crippen LogP contribution in [0.1, 0.15) is 22.6 Å². The summed E-state index contributed by atoms with van der Waals surface area (Å²) in [5.74, 6) is -1.47. The van der Waals surface area contributed by atoms with Gasteiger partial charge < -0.3 is 20.0 Å². The highest BCUT2D eigenvalue weighted by Gasteiger charge is 2.29. The van der Waals surface area contributed by atoms with Crippen LogP contribution in [0, 0.1) is 0 Å². The van der Waals surface area contributed by atoms with Crippen LogP contribution in [0.25, 0.3) is 32.7 Å². The van der Waals surface area contributed by atoms with Gasteiger partial charge in [-0.25, -0.2) is 4.79 Å². The molecule has 0 aliphatic heterocycles. The van der Waals surface area contributed by atoms with Gasteiger partial charge in [-0.2, -0.15) is 0 Å². The molecule has 0 heterocycles. The first-order valence-electron chi connectivity index (χ1n) is 12.3. The second kappa shape index (κ2) is 9.43. The SMILES string of the molecule is O=C(N[C@@H](Cc1c2ccccc2cc2ccccc12)C(=O)[O-])OCC1c2ccccc2-c2ccccc21. The highest BCUT2D eigenvalue weighted by Crippen LogP contribution is 2.44. The molecule has 0 fully saturated rings. The summed E-state index contributed by atoms with van der Waals surface area (Å²) in [6, 6.07) is 32.7. The van der Waals surface area contributed by atoms with Gasteiger partial charge in [0.2, 0.25) is 0 Å². The molecule has 1 aliphatic rings. The number of carboxylic acids is 1. The van der Waals surface area contributed by atoms with E-state index in [-0.39, 0.29) is 18.9 Å². The molecule has 1 aliphatic carbocycles. The minimum absolute atomic E-state index is 0.0778.